The van der Waals surface area contributed by atoms with Gasteiger partial charge in [-0.15, -0.1) is 0 Å². The first-order valence-corrected chi connectivity index (χ1v) is 8.73. The van der Waals surface area contributed by atoms with Crippen LogP contribution in [0.5, 0.6) is 5.75 Å². The molecule has 27 heavy (non-hydrogen) atoms. The lowest BCUT2D eigenvalue weighted by Gasteiger charge is -2.37. The first kappa shape index (κ1) is 18.8. The number of anilines is 1. The fourth-order valence-corrected chi connectivity index (χ4v) is 3.28. The predicted molar refractivity (Wildman–Crippen MR) is 100 cm³/mol. The second-order valence-electron chi connectivity index (χ2n) is 6.34. The Bertz CT molecular complexity index is 856. The van der Waals surface area contributed by atoms with E-state index in [1.54, 1.807) is 12.0 Å². The van der Waals surface area contributed by atoms with Crippen molar-refractivity contribution >= 4 is 17.5 Å². The van der Waals surface area contributed by atoms with E-state index >= 15 is 0 Å². The molecule has 2 amide bonds. The zero-order valence-corrected chi connectivity index (χ0v) is 15.3. The third kappa shape index (κ3) is 4.09. The van der Waals surface area contributed by atoms with Crippen molar-refractivity contribution < 1.29 is 18.7 Å². The second-order valence-corrected chi connectivity index (χ2v) is 6.34. The van der Waals surface area contributed by atoms with Gasteiger partial charge in [-0.05, 0) is 24.3 Å². The van der Waals surface area contributed by atoms with Crippen molar-refractivity contribution in [3.63, 3.8) is 0 Å². The topological polar surface area (TPSA) is 70.7 Å². The highest BCUT2D eigenvalue weighted by Gasteiger charge is 2.30. The van der Waals surface area contributed by atoms with Crippen LogP contribution in [-0.4, -0.2) is 43.5 Å². The molecule has 2 aromatic rings. The molecule has 1 saturated heterocycles. The van der Waals surface area contributed by atoms with Gasteiger partial charge in [0, 0.05) is 37.7 Å². The number of carbonyl (C=O) groups excluding carboxylic acids is 2. The number of hydrogen-bond acceptors (Lipinski definition) is 4. The molecular weight excluding hydrogens is 349 g/mol. The fourth-order valence-electron chi connectivity index (χ4n) is 3.28. The Balaban J connectivity index is 1.93. The summed E-state index contributed by atoms with van der Waals surface area (Å²) in [4.78, 5) is 26.2. The first-order chi connectivity index (χ1) is 13.0. The number of nitrogens with one attached hydrogen (secondary N) is 2. The molecule has 1 aliphatic heterocycles. The van der Waals surface area contributed by atoms with Crippen LogP contribution in [0.15, 0.2) is 42.5 Å². The van der Waals surface area contributed by atoms with Gasteiger partial charge in [-0.3, -0.25) is 9.59 Å². The molecule has 1 unspecified atom stereocenters. The van der Waals surface area contributed by atoms with Crippen molar-refractivity contribution in [3.8, 4) is 5.75 Å². The van der Waals surface area contributed by atoms with Crippen LogP contribution in [0.3, 0.4) is 0 Å². The van der Waals surface area contributed by atoms with Crippen molar-refractivity contribution in [1.29, 1.82) is 0 Å². The Kier molecular flexibility index (Phi) is 5.71. The van der Waals surface area contributed by atoms with Crippen molar-refractivity contribution in [2.45, 2.75) is 13.0 Å². The van der Waals surface area contributed by atoms with Crippen LogP contribution in [0.1, 0.15) is 28.9 Å². The lowest BCUT2D eigenvalue weighted by Crippen LogP contribution is -2.48. The van der Waals surface area contributed by atoms with E-state index in [9.17, 15) is 14.0 Å². The molecule has 6 nitrogen and oxygen atoms in total. The number of nitrogens with zero attached hydrogens (tertiary/aromatic N) is 1. The van der Waals surface area contributed by atoms with Gasteiger partial charge in [-0.25, -0.2) is 4.39 Å². The minimum Gasteiger partial charge on any atom is -0.496 e. The molecule has 142 valence electrons. The smallest absolute Gasteiger partial charge is 0.254 e. The molecule has 1 atom stereocenters. The second kappa shape index (κ2) is 8.18. The Morgan fingerprint density at radius 3 is 2.78 bits per heavy atom. The monoisotopic (exact) mass is 371 g/mol. The normalized spacial score (nSPS) is 16.7. The van der Waals surface area contributed by atoms with E-state index in [1.165, 1.54) is 25.1 Å². The van der Waals surface area contributed by atoms with Gasteiger partial charge in [0.05, 0.1) is 18.8 Å². The Hall–Kier alpha value is -2.93. The third-order valence-corrected chi connectivity index (χ3v) is 4.53. The summed E-state index contributed by atoms with van der Waals surface area (Å²) in [6.07, 6.45) is 0. The van der Waals surface area contributed by atoms with Gasteiger partial charge in [0.1, 0.15) is 11.6 Å². The number of methoxy groups -OCH3 is 1. The fraction of sp³-hybridized carbons (Fsp3) is 0.300. The maximum atomic E-state index is 13.9. The largest absolute Gasteiger partial charge is 0.496 e. The maximum Gasteiger partial charge on any atom is 0.254 e. The standard InChI is InChI=1S/C20H22FN3O3/c1-13(25)23-17-11-14(7-8-16(17)21)20(26)24-10-9-22-12-18(24)15-5-3-4-6-19(15)27-2/h3-8,11,18,22H,9-10,12H2,1-2H3,(H,23,25). The number of piperazine rings is 1. The van der Waals surface area contributed by atoms with Gasteiger partial charge in [0.25, 0.3) is 5.91 Å². The number of halogens is 1. The summed E-state index contributed by atoms with van der Waals surface area (Å²) in [5.41, 5.74) is 1.23. The molecule has 0 radical (unpaired) electrons. The maximum absolute atomic E-state index is 13.9. The van der Waals surface area contributed by atoms with E-state index in [0.717, 1.165) is 5.56 Å². The number of hydrogen-bond donors (Lipinski definition) is 2. The van der Waals surface area contributed by atoms with E-state index in [4.69, 9.17) is 4.74 Å². The van der Waals surface area contributed by atoms with Gasteiger partial charge < -0.3 is 20.3 Å². The molecule has 2 aromatic carbocycles. The lowest BCUT2D eigenvalue weighted by molar-refractivity contribution is -0.114. The number of para-hydroxylation sites is 1. The predicted octanol–water partition coefficient (Wildman–Crippen LogP) is 2.58. The summed E-state index contributed by atoms with van der Waals surface area (Å²) in [6, 6.07) is 11.4. The average Bonchev–Trinajstić information content (AvgIpc) is 2.68. The van der Waals surface area contributed by atoms with Gasteiger partial charge in [0.15, 0.2) is 0 Å². The molecule has 7 heteroatoms. The number of amides is 2. The minimum atomic E-state index is -0.580. The highest BCUT2D eigenvalue weighted by Crippen LogP contribution is 2.31. The molecular formula is C20H22FN3O3. The molecule has 1 aliphatic rings. The van der Waals surface area contributed by atoms with Crippen LogP contribution in [0.2, 0.25) is 0 Å². The summed E-state index contributed by atoms with van der Waals surface area (Å²) in [6.45, 7) is 3.05. The summed E-state index contributed by atoms with van der Waals surface area (Å²) in [7, 11) is 1.60. The van der Waals surface area contributed by atoms with Crippen LogP contribution < -0.4 is 15.4 Å². The van der Waals surface area contributed by atoms with E-state index in [0.29, 0.717) is 30.9 Å². The Morgan fingerprint density at radius 1 is 1.26 bits per heavy atom. The highest BCUT2D eigenvalue weighted by atomic mass is 19.1. The van der Waals surface area contributed by atoms with Gasteiger partial charge >= 0.3 is 0 Å². The van der Waals surface area contributed by atoms with Crippen molar-refractivity contribution in [1.82, 2.24) is 10.2 Å². The first-order valence-electron chi connectivity index (χ1n) is 8.73. The SMILES string of the molecule is COc1ccccc1C1CNCCN1C(=O)c1ccc(F)c(NC(C)=O)c1. The van der Waals surface area contributed by atoms with Crippen molar-refractivity contribution in [3.05, 3.63) is 59.4 Å². The summed E-state index contributed by atoms with van der Waals surface area (Å²) >= 11 is 0. The number of ether oxygens (including phenoxy) is 1. The molecule has 0 saturated carbocycles. The molecule has 1 fully saturated rings. The van der Waals surface area contributed by atoms with E-state index in [-0.39, 0.29) is 17.6 Å². The van der Waals surface area contributed by atoms with Crippen LogP contribution in [0.4, 0.5) is 10.1 Å². The third-order valence-electron chi connectivity index (χ3n) is 4.53. The minimum absolute atomic E-state index is 0.00248. The van der Waals surface area contributed by atoms with Crippen LogP contribution in [0, 0.1) is 5.82 Å². The van der Waals surface area contributed by atoms with E-state index < -0.39 is 11.7 Å². The van der Waals surface area contributed by atoms with Gasteiger partial charge in [-0.1, -0.05) is 18.2 Å². The summed E-state index contributed by atoms with van der Waals surface area (Å²) in [5, 5.41) is 5.72. The Morgan fingerprint density at radius 2 is 2.04 bits per heavy atom. The number of carbonyl (C=O) groups is 2. The molecule has 0 aromatic heterocycles. The summed E-state index contributed by atoms with van der Waals surface area (Å²) < 4.78 is 19.4. The molecule has 3 rings (SSSR count). The molecule has 2 N–H and O–H groups in total. The summed E-state index contributed by atoms with van der Waals surface area (Å²) in [5.74, 6) is -0.489. The quantitative estimate of drug-likeness (QED) is 0.867. The zero-order chi connectivity index (χ0) is 19.4. The van der Waals surface area contributed by atoms with Gasteiger partial charge in [0.2, 0.25) is 5.91 Å². The molecule has 0 spiro atoms. The molecule has 1 heterocycles. The molecule has 0 bridgehead atoms. The highest BCUT2D eigenvalue weighted by molar-refractivity contribution is 5.97. The van der Waals surface area contributed by atoms with Gasteiger partial charge in [-0.2, -0.15) is 0 Å². The van der Waals surface area contributed by atoms with Crippen molar-refractivity contribution in [2.24, 2.45) is 0 Å². The Labute approximate surface area is 157 Å². The van der Waals surface area contributed by atoms with Crippen LogP contribution in [0.25, 0.3) is 0 Å². The lowest BCUT2D eigenvalue weighted by atomic mass is 10.0. The zero-order valence-electron chi connectivity index (χ0n) is 15.3. The van der Waals surface area contributed by atoms with E-state index in [1.807, 2.05) is 24.3 Å². The van der Waals surface area contributed by atoms with Crippen LogP contribution in [-0.2, 0) is 4.79 Å². The number of rotatable bonds is 4. The van der Waals surface area contributed by atoms with Crippen LogP contribution >= 0.6 is 0 Å². The van der Waals surface area contributed by atoms with E-state index in [2.05, 4.69) is 10.6 Å². The molecule has 0 aliphatic carbocycles. The average molecular weight is 371 g/mol. The number of benzene rings is 2. The van der Waals surface area contributed by atoms with Crippen molar-refractivity contribution in [2.75, 3.05) is 32.1 Å².